The first-order valence-corrected chi connectivity index (χ1v) is 32.2. The molecular weight excluding hydrogens is 1140 g/mol. The lowest BCUT2D eigenvalue weighted by Crippen LogP contribution is -2.62. The van der Waals surface area contributed by atoms with Crippen LogP contribution in [0.15, 0.2) is 12.2 Å². The summed E-state index contributed by atoms with van der Waals surface area (Å²) >= 11 is 0. The first-order valence-electron chi connectivity index (χ1n) is 32.2. The molecule has 11 amide bonds. The topological polar surface area (TPSA) is 282 Å². The number of carbonyl (C=O) groups excluding carboxylic acids is 11. The van der Waals surface area contributed by atoms with E-state index in [0.717, 1.165) is 0 Å². The van der Waals surface area contributed by atoms with Gasteiger partial charge >= 0.3 is 0 Å². The fourth-order valence-electron chi connectivity index (χ4n) is 11.4. The van der Waals surface area contributed by atoms with Crippen LogP contribution in [0.1, 0.15) is 176 Å². The van der Waals surface area contributed by atoms with E-state index in [9.17, 15) is 33.6 Å². The minimum Gasteiger partial charge on any atom is -0.343 e. The van der Waals surface area contributed by atoms with E-state index in [0.29, 0.717) is 19.3 Å². The molecule has 0 unspecified atom stereocenters. The van der Waals surface area contributed by atoms with Crippen molar-refractivity contribution in [3.05, 3.63) is 12.2 Å². The van der Waals surface area contributed by atoms with Crippen LogP contribution in [0.4, 0.5) is 0 Å². The van der Waals surface area contributed by atoms with Crippen molar-refractivity contribution in [1.29, 1.82) is 5.26 Å². The van der Waals surface area contributed by atoms with Crippen LogP contribution in [0.3, 0.4) is 0 Å². The zero-order valence-corrected chi connectivity index (χ0v) is 58.8. The van der Waals surface area contributed by atoms with E-state index in [4.69, 9.17) is 5.26 Å². The Hall–Kier alpha value is -6.60. The number of amides is 11. The first-order chi connectivity index (χ1) is 41.1. The Kier molecular flexibility index (Phi) is 33.3. The van der Waals surface area contributed by atoms with Crippen LogP contribution < -0.4 is 21.3 Å². The molecule has 0 saturated carbocycles. The number of nitrogens with one attached hydrogen (secondary N) is 4. The fraction of sp³-hybridized carbons (Fsp3) is 0.788. The summed E-state index contributed by atoms with van der Waals surface area (Å²) in [4.78, 5) is 171. The molecule has 1 rings (SSSR count). The number of allylic oxidation sites excluding steroid dienone is 2. The molecule has 1 aliphatic heterocycles. The predicted molar refractivity (Wildman–Crippen MR) is 345 cm³/mol. The summed E-state index contributed by atoms with van der Waals surface area (Å²) in [7, 11) is 10.2. The van der Waals surface area contributed by atoms with Crippen molar-refractivity contribution >= 4 is 65.0 Å². The van der Waals surface area contributed by atoms with Gasteiger partial charge < -0.3 is 55.6 Å². The van der Waals surface area contributed by atoms with Gasteiger partial charge in [-0.2, -0.15) is 5.26 Å². The van der Waals surface area contributed by atoms with Crippen LogP contribution in [0.5, 0.6) is 0 Å². The molecule has 0 aromatic rings. The maximum atomic E-state index is 15.4. The second-order valence-corrected chi connectivity index (χ2v) is 27.4. The summed E-state index contributed by atoms with van der Waals surface area (Å²) in [6.07, 6.45) is 5.85. The van der Waals surface area contributed by atoms with Crippen LogP contribution >= 0.6 is 0 Å². The average molecular weight is 1250 g/mol. The number of hydrogen-bond acceptors (Lipinski definition) is 12. The summed E-state index contributed by atoms with van der Waals surface area (Å²) in [5.74, 6) is -9.33. The number of hydrogen-bond donors (Lipinski definition) is 4. The molecule has 4 N–H and O–H groups in total. The van der Waals surface area contributed by atoms with Crippen LogP contribution in [0.2, 0.25) is 0 Å². The van der Waals surface area contributed by atoms with Gasteiger partial charge in [0.25, 0.3) is 0 Å². The molecule has 1 fully saturated rings. The van der Waals surface area contributed by atoms with E-state index in [1.807, 2.05) is 81.4 Å². The number of nitriles is 1. The minimum atomic E-state index is -1.23. The van der Waals surface area contributed by atoms with Gasteiger partial charge in [0.15, 0.2) is 0 Å². The first kappa shape index (κ1) is 80.4. The quantitative estimate of drug-likeness (QED) is 0.108. The third-order valence-corrected chi connectivity index (χ3v) is 17.4. The Balaban J connectivity index is 4.40. The van der Waals surface area contributed by atoms with Gasteiger partial charge in [0.1, 0.15) is 66.5 Å². The fourth-order valence-corrected chi connectivity index (χ4v) is 11.4. The third kappa shape index (κ3) is 22.7. The highest BCUT2D eigenvalue weighted by Crippen LogP contribution is 2.28. The Morgan fingerprint density at radius 2 is 0.843 bits per heavy atom. The van der Waals surface area contributed by atoms with E-state index in [1.54, 1.807) is 34.6 Å². The highest BCUT2D eigenvalue weighted by Gasteiger charge is 2.45. The number of carbonyl (C=O) groups is 11. The van der Waals surface area contributed by atoms with Crippen molar-refractivity contribution in [3.63, 3.8) is 0 Å². The molecule has 0 aromatic carbocycles. The Morgan fingerprint density at radius 1 is 0.427 bits per heavy atom. The maximum absolute atomic E-state index is 15.4. The minimum absolute atomic E-state index is 0.0725. The predicted octanol–water partition coefficient (Wildman–Crippen LogP) is 5.22. The largest absolute Gasteiger partial charge is 0.343 e. The smallest absolute Gasteiger partial charge is 0.246 e. The van der Waals surface area contributed by atoms with Gasteiger partial charge in [0, 0.05) is 55.8 Å². The van der Waals surface area contributed by atoms with E-state index in [-0.39, 0.29) is 61.7 Å². The summed E-state index contributed by atoms with van der Waals surface area (Å²) in [5, 5.41) is 20.3. The van der Waals surface area contributed by atoms with E-state index in [2.05, 4.69) is 27.3 Å². The van der Waals surface area contributed by atoms with Crippen molar-refractivity contribution < 1.29 is 52.7 Å². The molecule has 1 aliphatic rings. The number of unbranched alkanes of at least 4 members (excludes halogenated alkanes) is 1. The molecule has 0 aliphatic carbocycles. The maximum Gasteiger partial charge on any atom is 0.246 e. The highest BCUT2D eigenvalue weighted by molar-refractivity contribution is 6.00. The van der Waals surface area contributed by atoms with Crippen LogP contribution in [-0.2, 0) is 52.7 Å². The van der Waals surface area contributed by atoms with Crippen LogP contribution in [0, 0.1) is 58.7 Å². The molecular formula is C66H116N12O11. The van der Waals surface area contributed by atoms with Crippen molar-refractivity contribution in [3.8, 4) is 6.07 Å². The second kappa shape index (κ2) is 36.9. The molecule has 506 valence electrons. The summed E-state index contributed by atoms with van der Waals surface area (Å²) < 4.78 is 0. The molecule has 23 heteroatoms. The van der Waals surface area contributed by atoms with Gasteiger partial charge in [-0.25, -0.2) is 0 Å². The second-order valence-electron chi connectivity index (χ2n) is 27.4. The van der Waals surface area contributed by atoms with Crippen LogP contribution in [-0.4, -0.2) is 215 Å². The normalized spacial score (nSPS) is 27.0. The van der Waals surface area contributed by atoms with Crippen molar-refractivity contribution in [2.45, 2.75) is 242 Å². The van der Waals surface area contributed by atoms with E-state index >= 15 is 19.2 Å². The summed E-state index contributed by atoms with van der Waals surface area (Å²) in [5.41, 5.74) is 0. The monoisotopic (exact) mass is 1250 g/mol. The van der Waals surface area contributed by atoms with Gasteiger partial charge in [-0.1, -0.05) is 116 Å². The summed E-state index contributed by atoms with van der Waals surface area (Å²) in [6.45, 7) is 31.9. The van der Waals surface area contributed by atoms with Crippen molar-refractivity contribution in [2.75, 3.05) is 49.3 Å². The Morgan fingerprint density at radius 3 is 1.29 bits per heavy atom. The molecule has 1 heterocycles. The molecule has 89 heavy (non-hydrogen) atoms. The zero-order chi connectivity index (χ0) is 69.0. The van der Waals surface area contributed by atoms with Crippen molar-refractivity contribution in [2.24, 2.45) is 47.3 Å². The lowest BCUT2D eigenvalue weighted by Gasteiger charge is -2.42. The standard InChI is InChI=1S/C66H116N12O11/c1-26-48-62(85)72(19)47(18)61(84)73(20)50(34-38(4)5)58(81)71-53(41(10)11)65(88)74(21)49(33-37(2)3)57(80)68-45(16)56(79)69-46(17)60(83)75(22)51(35-39(6)7)63(86)76(23)52(36-40(8)9)64(87)77(24)54(42(12)13)66(89)78(25)55(59(82)70-48)44(15)43(14)31-29-27-28-30-32-67/h27,29,37-55H,26,28,30-31,33-36H2,1-25H3,(H,68,80)(H,69,79)(H,70,82)(H,71,81)/b29-27+/t43-,44-,45+,46-,47-,48+,49+,50+,51+,52+,53+,54+,55+/m1/s1. The van der Waals surface area contributed by atoms with Gasteiger partial charge in [-0.05, 0) is 113 Å². The molecule has 23 nitrogen and oxygen atoms in total. The average Bonchev–Trinajstić information content (AvgIpc) is 1.83. The third-order valence-electron chi connectivity index (χ3n) is 17.4. The van der Waals surface area contributed by atoms with Gasteiger partial charge in [-0.15, -0.1) is 0 Å². The van der Waals surface area contributed by atoms with E-state index < -0.39 is 149 Å². The molecule has 1 saturated heterocycles. The van der Waals surface area contributed by atoms with Crippen LogP contribution in [0.25, 0.3) is 0 Å². The summed E-state index contributed by atoms with van der Waals surface area (Å²) in [6, 6.07) is -10.8. The molecule has 13 atom stereocenters. The molecule has 0 spiro atoms. The number of nitrogens with zero attached hydrogens (tertiary/aromatic N) is 8. The lowest BCUT2D eigenvalue weighted by atomic mass is 9.84. The Labute approximate surface area is 533 Å². The van der Waals surface area contributed by atoms with Gasteiger partial charge in [-0.3, -0.25) is 52.7 Å². The van der Waals surface area contributed by atoms with Gasteiger partial charge in [0.05, 0.1) is 6.07 Å². The SMILES string of the molecule is CC[C@@H]1NC(=O)[C@H]([C@H](C)[C@H](C)C/C=C/CCC#N)N(C)C(=O)[C@H](C(C)C)N(C)C(=O)[C@H](CC(C)C)N(C)C(=O)[C@H](CC(C)C)N(C)C(=O)[C@@H](C)NC(=O)[C@H](C)NC(=O)[C@H](CC(C)C)N(C)C(=O)[C@H](C(C)C)NC(=O)[C@H](CC(C)C)N(C)C(=O)[C@@H](C)N(C)C1=O. The highest BCUT2D eigenvalue weighted by atomic mass is 16.2. The van der Waals surface area contributed by atoms with E-state index in [1.165, 1.54) is 104 Å². The van der Waals surface area contributed by atoms with Gasteiger partial charge in [0.2, 0.25) is 65.0 Å². The number of rotatable bonds is 17. The zero-order valence-electron chi connectivity index (χ0n) is 58.8. The molecule has 0 bridgehead atoms. The Bertz CT molecular complexity index is 2490. The number of likely N-dealkylation sites (N-methyl/N-ethyl adjacent to an activating group) is 7. The molecule has 0 radical (unpaired) electrons. The van der Waals surface area contributed by atoms with Crippen molar-refractivity contribution in [1.82, 2.24) is 55.6 Å². The molecule has 0 aromatic heterocycles. The lowest BCUT2D eigenvalue weighted by molar-refractivity contribution is -0.156.